The number of carbonyl (C=O) groups excluding carboxylic acids is 2. The molecule has 1 rings (SSSR count). The normalized spacial score (nSPS) is 11.1. The van der Waals surface area contributed by atoms with Crippen LogP contribution in [0.4, 0.5) is 0 Å². The van der Waals surface area contributed by atoms with E-state index in [-0.39, 0.29) is 20.8 Å². The molecule has 0 amide bonds. The van der Waals surface area contributed by atoms with Gasteiger partial charge in [-0.1, -0.05) is 69.6 Å². The molecule has 110 valence electrons. The lowest BCUT2D eigenvalue weighted by Gasteiger charge is -2.11. The predicted molar refractivity (Wildman–Crippen MR) is 78.4 cm³/mol. The summed E-state index contributed by atoms with van der Waals surface area (Å²) in [6, 6.07) is 2.80. The van der Waals surface area contributed by atoms with Crippen molar-refractivity contribution in [3.05, 3.63) is 27.2 Å². The molecule has 0 aliphatic carbocycles. The number of hydrogen-bond donors (Lipinski definition) is 0. The highest BCUT2D eigenvalue weighted by molar-refractivity contribution is 6.75. The minimum atomic E-state index is -2.29. The zero-order valence-electron chi connectivity index (χ0n) is 9.26. The van der Waals surface area contributed by atoms with Crippen LogP contribution in [0.5, 0.6) is 5.75 Å². The van der Waals surface area contributed by atoms with E-state index in [1.165, 1.54) is 12.1 Å². The summed E-state index contributed by atoms with van der Waals surface area (Å²) in [4.78, 5) is 22.6. The topological polar surface area (TPSA) is 52.6 Å². The highest BCUT2D eigenvalue weighted by Crippen LogP contribution is 2.38. The number of alkyl halides is 3. The maximum Gasteiger partial charge on any atom is 0.359 e. The second-order valence-corrected chi connectivity index (χ2v) is 6.69. The molecule has 0 aromatic heterocycles. The van der Waals surface area contributed by atoms with Crippen molar-refractivity contribution >= 4 is 81.5 Å². The van der Waals surface area contributed by atoms with Crippen molar-refractivity contribution in [3.63, 3.8) is 0 Å². The van der Waals surface area contributed by atoms with E-state index in [4.69, 9.17) is 74.3 Å². The highest BCUT2D eigenvalue weighted by atomic mass is 35.6. The molecule has 0 unspecified atom stereocenters. The van der Waals surface area contributed by atoms with Crippen molar-refractivity contribution in [2.75, 3.05) is 6.61 Å². The Morgan fingerprint density at radius 3 is 2.15 bits per heavy atom. The van der Waals surface area contributed by atoms with E-state index in [2.05, 4.69) is 4.74 Å². The Labute approximate surface area is 143 Å². The maximum absolute atomic E-state index is 11.5. The summed E-state index contributed by atoms with van der Waals surface area (Å²) < 4.78 is 6.96. The minimum absolute atomic E-state index is 0.0554. The summed E-state index contributed by atoms with van der Waals surface area (Å²) in [7, 11) is 0. The monoisotopic (exact) mass is 398 g/mol. The van der Waals surface area contributed by atoms with E-state index in [0.717, 1.165) is 0 Å². The first-order valence-corrected chi connectivity index (χ1v) is 6.98. The Balaban J connectivity index is 2.69. The van der Waals surface area contributed by atoms with Crippen LogP contribution < -0.4 is 4.74 Å². The summed E-state index contributed by atoms with van der Waals surface area (Å²) in [5.74, 6) is -2.35. The van der Waals surface area contributed by atoms with Crippen molar-refractivity contribution in [2.45, 2.75) is 3.79 Å². The number of halogens is 6. The zero-order valence-corrected chi connectivity index (χ0v) is 13.8. The second kappa shape index (κ2) is 7.25. The van der Waals surface area contributed by atoms with Crippen LogP contribution in [0.1, 0.15) is 0 Å². The number of hydrogen-bond acceptors (Lipinski definition) is 4. The number of rotatable bonds is 3. The number of benzene rings is 1. The van der Waals surface area contributed by atoms with E-state index in [9.17, 15) is 9.59 Å². The van der Waals surface area contributed by atoms with Crippen LogP contribution >= 0.6 is 69.6 Å². The molecule has 10 heteroatoms. The van der Waals surface area contributed by atoms with Gasteiger partial charge in [0.2, 0.25) is 0 Å². The lowest BCUT2D eigenvalue weighted by atomic mass is 10.3. The molecule has 0 heterocycles. The minimum Gasteiger partial charge on any atom is -0.450 e. The van der Waals surface area contributed by atoms with Gasteiger partial charge in [-0.25, -0.2) is 9.59 Å². The molecule has 1 aromatic rings. The molecule has 0 atom stereocenters. The molecule has 0 fully saturated rings. The van der Waals surface area contributed by atoms with Crippen molar-refractivity contribution in [1.82, 2.24) is 0 Å². The van der Waals surface area contributed by atoms with Gasteiger partial charge in [0.15, 0.2) is 12.4 Å². The summed E-state index contributed by atoms with van der Waals surface area (Å²) in [6.45, 7) is -0.786. The van der Waals surface area contributed by atoms with Gasteiger partial charge in [0.1, 0.15) is 5.02 Å². The van der Waals surface area contributed by atoms with Crippen molar-refractivity contribution in [3.8, 4) is 5.75 Å². The van der Waals surface area contributed by atoms with Crippen molar-refractivity contribution < 1.29 is 19.1 Å². The summed E-state index contributed by atoms with van der Waals surface area (Å²) in [5.41, 5.74) is 0. The second-order valence-electron chi connectivity index (χ2n) is 3.22. The largest absolute Gasteiger partial charge is 0.450 e. The van der Waals surface area contributed by atoms with Crippen LogP contribution in [-0.4, -0.2) is 22.3 Å². The van der Waals surface area contributed by atoms with E-state index in [0.29, 0.717) is 0 Å². The van der Waals surface area contributed by atoms with Gasteiger partial charge >= 0.3 is 11.9 Å². The molecular formula is C10H4Cl6O4. The molecular weight excluding hydrogens is 397 g/mol. The number of carbonyl (C=O) groups is 2. The Bertz CT molecular complexity index is 539. The molecule has 0 bridgehead atoms. The van der Waals surface area contributed by atoms with Gasteiger partial charge in [-0.15, -0.1) is 0 Å². The molecule has 0 saturated carbocycles. The lowest BCUT2D eigenvalue weighted by molar-refractivity contribution is -0.152. The first-order chi connectivity index (χ1) is 9.12. The van der Waals surface area contributed by atoms with Gasteiger partial charge in [0.05, 0.1) is 10.0 Å². The summed E-state index contributed by atoms with van der Waals surface area (Å²) >= 11 is 33.1. The van der Waals surface area contributed by atoms with E-state index < -0.39 is 22.3 Å². The van der Waals surface area contributed by atoms with Gasteiger partial charge in [-0.3, -0.25) is 0 Å². The molecule has 20 heavy (non-hydrogen) atoms. The standard InChI is InChI=1S/C10H4Cl6O4/c11-4-1-2-5(12)8(7(4)13)20-6(17)3-19-9(18)10(14,15)16/h1-2H,3H2. The number of esters is 2. The average molecular weight is 401 g/mol. The van der Waals surface area contributed by atoms with Crippen molar-refractivity contribution in [2.24, 2.45) is 0 Å². The van der Waals surface area contributed by atoms with Crippen LogP contribution in [0.25, 0.3) is 0 Å². The summed E-state index contributed by atoms with van der Waals surface area (Å²) in [6.07, 6.45) is 0. The molecule has 0 spiro atoms. The molecule has 0 saturated heterocycles. The maximum atomic E-state index is 11.5. The Kier molecular flexibility index (Phi) is 6.51. The van der Waals surface area contributed by atoms with E-state index in [1.54, 1.807) is 0 Å². The number of ether oxygens (including phenoxy) is 2. The van der Waals surface area contributed by atoms with Gasteiger partial charge in [0.25, 0.3) is 3.79 Å². The van der Waals surface area contributed by atoms with Crippen LogP contribution in [-0.2, 0) is 14.3 Å². The molecule has 0 aliphatic rings. The third-order valence-electron chi connectivity index (χ3n) is 1.77. The van der Waals surface area contributed by atoms with E-state index >= 15 is 0 Å². The lowest BCUT2D eigenvalue weighted by Crippen LogP contribution is -2.26. The van der Waals surface area contributed by atoms with Gasteiger partial charge in [-0.2, -0.15) is 0 Å². The van der Waals surface area contributed by atoms with Gasteiger partial charge < -0.3 is 9.47 Å². The van der Waals surface area contributed by atoms with Gasteiger partial charge in [0, 0.05) is 0 Å². The third kappa shape index (κ3) is 5.02. The van der Waals surface area contributed by atoms with Gasteiger partial charge in [-0.05, 0) is 12.1 Å². The molecule has 0 aliphatic heterocycles. The zero-order chi connectivity index (χ0) is 15.5. The Hall–Kier alpha value is -0.100. The van der Waals surface area contributed by atoms with Crippen LogP contribution in [0, 0.1) is 0 Å². The fourth-order valence-corrected chi connectivity index (χ4v) is 1.71. The molecule has 4 nitrogen and oxygen atoms in total. The smallest absolute Gasteiger partial charge is 0.359 e. The fraction of sp³-hybridized carbons (Fsp3) is 0.200. The predicted octanol–water partition coefficient (Wildman–Crippen LogP) is 4.47. The quantitative estimate of drug-likeness (QED) is 0.325. The first kappa shape index (κ1) is 18.0. The van der Waals surface area contributed by atoms with Crippen LogP contribution in [0.15, 0.2) is 12.1 Å². The summed E-state index contributed by atoms with van der Waals surface area (Å²) in [5, 5.41) is 0.137. The van der Waals surface area contributed by atoms with E-state index in [1.807, 2.05) is 0 Å². The van der Waals surface area contributed by atoms with Crippen LogP contribution in [0.2, 0.25) is 15.1 Å². The molecule has 0 N–H and O–H groups in total. The first-order valence-electron chi connectivity index (χ1n) is 4.71. The highest BCUT2D eigenvalue weighted by Gasteiger charge is 2.33. The average Bonchev–Trinajstić information content (AvgIpc) is 2.35. The van der Waals surface area contributed by atoms with Crippen LogP contribution in [0.3, 0.4) is 0 Å². The van der Waals surface area contributed by atoms with Crippen molar-refractivity contribution in [1.29, 1.82) is 0 Å². The third-order valence-corrected chi connectivity index (χ3v) is 3.32. The fourth-order valence-electron chi connectivity index (χ4n) is 0.952. The Morgan fingerprint density at radius 2 is 1.60 bits per heavy atom. The molecule has 0 radical (unpaired) electrons. The Morgan fingerprint density at radius 1 is 1.05 bits per heavy atom. The molecule has 1 aromatic carbocycles. The SMILES string of the molecule is O=C(COC(=O)C(Cl)(Cl)Cl)Oc1c(Cl)ccc(Cl)c1Cl.